The van der Waals surface area contributed by atoms with Crippen molar-refractivity contribution in [2.45, 2.75) is 33.4 Å². The molecule has 2 N–H and O–H groups in total. The number of hydrogen-bond acceptors (Lipinski definition) is 4. The van der Waals surface area contributed by atoms with Crippen LogP contribution in [0.2, 0.25) is 0 Å². The molecule has 1 aromatic carbocycles. The molecule has 0 atom stereocenters. The number of fused-ring (bicyclic) bond motifs is 1. The largest absolute Gasteiger partial charge is 0.360 e. The topological polar surface area (TPSA) is 70.9 Å². The molecule has 5 nitrogen and oxygen atoms in total. The molecular formula is C17H19N3O2. The molecule has 0 aliphatic rings. The summed E-state index contributed by atoms with van der Waals surface area (Å²) in [5, 5.41) is 7.93. The molecule has 0 saturated carbocycles. The van der Waals surface area contributed by atoms with E-state index in [9.17, 15) is 4.79 Å². The molecule has 0 amide bonds. The van der Waals surface area contributed by atoms with Crippen molar-refractivity contribution in [3.63, 3.8) is 0 Å². The molecule has 2 aromatic heterocycles. The van der Waals surface area contributed by atoms with Crippen molar-refractivity contribution in [3.05, 3.63) is 63.3 Å². The number of rotatable bonds is 5. The molecule has 0 radical (unpaired) electrons. The smallest absolute Gasteiger partial charge is 0.189 e. The van der Waals surface area contributed by atoms with Crippen molar-refractivity contribution in [1.82, 2.24) is 15.5 Å². The zero-order valence-electron chi connectivity index (χ0n) is 12.8. The van der Waals surface area contributed by atoms with Crippen LogP contribution in [0.25, 0.3) is 10.9 Å². The number of H-pyrrole nitrogens is 1. The quantitative estimate of drug-likeness (QED) is 0.759. The fourth-order valence-corrected chi connectivity index (χ4v) is 2.44. The van der Waals surface area contributed by atoms with E-state index in [4.69, 9.17) is 4.52 Å². The van der Waals surface area contributed by atoms with Crippen LogP contribution < -0.4 is 10.7 Å². The number of benzene rings is 1. The molecule has 22 heavy (non-hydrogen) atoms. The number of nitrogens with zero attached hydrogens (tertiary/aromatic N) is 1. The van der Waals surface area contributed by atoms with Gasteiger partial charge in [0.05, 0.1) is 12.2 Å². The number of aromatic amines is 1. The predicted molar refractivity (Wildman–Crippen MR) is 85.7 cm³/mol. The maximum atomic E-state index is 12.2. The molecule has 0 saturated heterocycles. The van der Waals surface area contributed by atoms with E-state index in [1.165, 1.54) is 0 Å². The summed E-state index contributed by atoms with van der Waals surface area (Å²) in [4.78, 5) is 15.4. The van der Waals surface area contributed by atoms with Gasteiger partial charge in [0.1, 0.15) is 0 Å². The monoisotopic (exact) mass is 297 g/mol. The summed E-state index contributed by atoms with van der Waals surface area (Å²) in [5.74, 6) is 0.801. The first-order valence-electron chi connectivity index (χ1n) is 7.43. The Balaban J connectivity index is 1.71. The zero-order chi connectivity index (χ0) is 15.5. The fourth-order valence-electron chi connectivity index (χ4n) is 2.44. The molecule has 0 unspecified atom stereocenters. The van der Waals surface area contributed by atoms with Gasteiger partial charge in [-0.25, -0.2) is 0 Å². The van der Waals surface area contributed by atoms with Crippen LogP contribution in [0.3, 0.4) is 0 Å². The normalized spacial score (nSPS) is 11.2. The van der Waals surface area contributed by atoms with Crippen LogP contribution in [0.1, 0.15) is 29.6 Å². The van der Waals surface area contributed by atoms with Gasteiger partial charge < -0.3 is 14.8 Å². The van der Waals surface area contributed by atoms with Crippen LogP contribution in [0.4, 0.5) is 0 Å². The molecular weight excluding hydrogens is 278 g/mol. The molecule has 3 rings (SSSR count). The SMILES string of the molecule is CCc1cc(CNCc2cc(=O)c3cc(C)ccc3[nH]2)on1. The van der Waals surface area contributed by atoms with Crippen molar-refractivity contribution in [3.8, 4) is 0 Å². The standard InChI is InChI=1S/C17H19N3O2/c1-3-12-7-14(22-20-12)10-18-9-13-8-17(21)15-6-11(2)4-5-16(15)19-13/h4-8,18H,3,9-10H2,1-2H3,(H,19,21). The minimum absolute atomic E-state index is 0.0437. The number of nitrogens with one attached hydrogen (secondary N) is 2. The predicted octanol–water partition coefficient (Wildman–Crippen LogP) is 2.68. The first-order chi connectivity index (χ1) is 10.7. The zero-order valence-corrected chi connectivity index (χ0v) is 12.8. The molecule has 0 bridgehead atoms. The van der Waals surface area contributed by atoms with E-state index in [1.807, 2.05) is 38.1 Å². The van der Waals surface area contributed by atoms with Crippen LogP contribution in [0.5, 0.6) is 0 Å². The van der Waals surface area contributed by atoms with Crippen molar-refractivity contribution < 1.29 is 4.52 Å². The Hall–Kier alpha value is -2.40. The molecule has 3 aromatic rings. The lowest BCUT2D eigenvalue weighted by Crippen LogP contribution is -2.15. The summed E-state index contributed by atoms with van der Waals surface area (Å²) in [6, 6.07) is 9.44. The van der Waals surface area contributed by atoms with Crippen LogP contribution >= 0.6 is 0 Å². The lowest BCUT2D eigenvalue weighted by Gasteiger charge is -2.06. The maximum absolute atomic E-state index is 12.2. The van der Waals surface area contributed by atoms with Gasteiger partial charge in [-0.15, -0.1) is 0 Å². The van der Waals surface area contributed by atoms with E-state index in [0.29, 0.717) is 13.1 Å². The summed E-state index contributed by atoms with van der Waals surface area (Å²) >= 11 is 0. The third-order valence-electron chi connectivity index (χ3n) is 3.63. The second kappa shape index (κ2) is 6.15. The highest BCUT2D eigenvalue weighted by Crippen LogP contribution is 2.11. The lowest BCUT2D eigenvalue weighted by atomic mass is 10.1. The third kappa shape index (κ3) is 3.09. The van der Waals surface area contributed by atoms with Gasteiger partial charge in [0.2, 0.25) is 0 Å². The summed E-state index contributed by atoms with van der Waals surface area (Å²) in [6.45, 7) is 5.18. The Kier molecular flexibility index (Phi) is 4.06. The van der Waals surface area contributed by atoms with Gasteiger partial charge in [0.25, 0.3) is 0 Å². The second-order valence-corrected chi connectivity index (χ2v) is 5.45. The molecule has 2 heterocycles. The number of aryl methyl sites for hydroxylation is 2. The Bertz CT molecular complexity index is 848. The Morgan fingerprint density at radius 2 is 2.09 bits per heavy atom. The minimum Gasteiger partial charge on any atom is -0.360 e. The van der Waals surface area contributed by atoms with Crippen LogP contribution in [0.15, 0.2) is 39.6 Å². The number of hydrogen-bond donors (Lipinski definition) is 2. The van der Waals surface area contributed by atoms with Gasteiger partial charge in [-0.2, -0.15) is 0 Å². The first-order valence-corrected chi connectivity index (χ1v) is 7.43. The van der Waals surface area contributed by atoms with E-state index in [1.54, 1.807) is 6.07 Å². The molecule has 0 fully saturated rings. The average molecular weight is 297 g/mol. The highest BCUT2D eigenvalue weighted by atomic mass is 16.5. The Labute approximate surface area is 128 Å². The molecule has 0 aliphatic heterocycles. The van der Waals surface area contributed by atoms with Crippen LogP contribution in [-0.4, -0.2) is 10.1 Å². The summed E-state index contributed by atoms with van der Waals surface area (Å²) in [7, 11) is 0. The van der Waals surface area contributed by atoms with E-state index >= 15 is 0 Å². The molecule has 5 heteroatoms. The average Bonchev–Trinajstić information content (AvgIpc) is 2.96. The lowest BCUT2D eigenvalue weighted by molar-refractivity contribution is 0.367. The molecule has 0 aliphatic carbocycles. The first kappa shape index (κ1) is 14.5. The number of pyridine rings is 1. The van der Waals surface area contributed by atoms with E-state index < -0.39 is 0 Å². The van der Waals surface area contributed by atoms with E-state index in [0.717, 1.165) is 40.0 Å². The summed E-state index contributed by atoms with van der Waals surface area (Å²) in [5.41, 5.74) is 3.80. The Morgan fingerprint density at radius 3 is 2.86 bits per heavy atom. The number of aromatic nitrogens is 2. The Morgan fingerprint density at radius 1 is 1.23 bits per heavy atom. The van der Waals surface area contributed by atoms with Gasteiger partial charge in [-0.1, -0.05) is 23.7 Å². The maximum Gasteiger partial charge on any atom is 0.189 e. The van der Waals surface area contributed by atoms with E-state index in [2.05, 4.69) is 15.5 Å². The highest BCUT2D eigenvalue weighted by Gasteiger charge is 2.04. The second-order valence-electron chi connectivity index (χ2n) is 5.45. The van der Waals surface area contributed by atoms with Gasteiger partial charge >= 0.3 is 0 Å². The highest BCUT2D eigenvalue weighted by molar-refractivity contribution is 5.79. The fraction of sp³-hybridized carbons (Fsp3) is 0.294. The van der Waals surface area contributed by atoms with Gasteiger partial charge in [0.15, 0.2) is 11.2 Å². The van der Waals surface area contributed by atoms with Crippen molar-refractivity contribution in [2.24, 2.45) is 0 Å². The van der Waals surface area contributed by atoms with Crippen molar-refractivity contribution in [2.75, 3.05) is 0 Å². The van der Waals surface area contributed by atoms with Crippen molar-refractivity contribution in [1.29, 1.82) is 0 Å². The molecule has 114 valence electrons. The molecule has 0 spiro atoms. The summed E-state index contributed by atoms with van der Waals surface area (Å²) in [6.07, 6.45) is 0.862. The van der Waals surface area contributed by atoms with Gasteiger partial charge in [-0.3, -0.25) is 4.79 Å². The third-order valence-corrected chi connectivity index (χ3v) is 3.63. The van der Waals surface area contributed by atoms with Crippen LogP contribution in [-0.2, 0) is 19.5 Å². The van der Waals surface area contributed by atoms with Gasteiger partial charge in [-0.05, 0) is 25.5 Å². The van der Waals surface area contributed by atoms with Gasteiger partial charge in [0, 0.05) is 35.3 Å². The van der Waals surface area contributed by atoms with E-state index in [-0.39, 0.29) is 5.43 Å². The van der Waals surface area contributed by atoms with Crippen molar-refractivity contribution >= 4 is 10.9 Å². The summed E-state index contributed by atoms with van der Waals surface area (Å²) < 4.78 is 5.22. The minimum atomic E-state index is 0.0437. The van der Waals surface area contributed by atoms with Crippen LogP contribution in [0, 0.1) is 6.92 Å².